The number of H-pyrrole nitrogens is 1. The van der Waals surface area contributed by atoms with Crippen molar-refractivity contribution in [3.63, 3.8) is 0 Å². The van der Waals surface area contributed by atoms with Gasteiger partial charge in [0.25, 0.3) is 0 Å². The van der Waals surface area contributed by atoms with Crippen molar-refractivity contribution in [2.24, 2.45) is 0 Å². The van der Waals surface area contributed by atoms with Crippen molar-refractivity contribution >= 4 is 0 Å². The number of pyridine rings is 1. The summed E-state index contributed by atoms with van der Waals surface area (Å²) in [5, 5.41) is 8.24. The van der Waals surface area contributed by atoms with Crippen LogP contribution in [0.2, 0.25) is 0 Å². The fourth-order valence-electron chi connectivity index (χ4n) is 0.674. The normalized spacial score (nSPS) is 8.70. The number of aromatic nitrogens is 1. The van der Waals surface area contributed by atoms with Gasteiger partial charge in [-0.1, -0.05) is 0 Å². The van der Waals surface area contributed by atoms with E-state index in [0.717, 1.165) is 0 Å². The molecule has 0 aliphatic heterocycles. The number of nitriles is 1. The van der Waals surface area contributed by atoms with Crippen molar-refractivity contribution in [3.8, 4) is 6.07 Å². The van der Waals surface area contributed by atoms with E-state index >= 15 is 0 Å². The lowest BCUT2D eigenvalue weighted by molar-refractivity contribution is 1.16. The summed E-state index contributed by atoms with van der Waals surface area (Å²) in [6, 6.07) is 3.31. The zero-order valence-corrected chi connectivity index (χ0v) is 5.29. The van der Waals surface area contributed by atoms with Crippen LogP contribution in [-0.2, 0) is 6.42 Å². The average Bonchev–Trinajstić information content (AvgIpc) is 1.94. The molecule has 0 saturated carbocycles. The van der Waals surface area contributed by atoms with E-state index in [1.807, 2.05) is 6.07 Å². The molecule has 1 aromatic heterocycles. The van der Waals surface area contributed by atoms with Crippen molar-refractivity contribution < 1.29 is 0 Å². The molecule has 0 fully saturated rings. The standard InChI is InChI=1S/C7H6N2O/c8-3-1-6-5-9-4-2-7(6)10/h2,4-5H,1H2,(H,9,10). The summed E-state index contributed by atoms with van der Waals surface area (Å²) in [6.45, 7) is 0. The van der Waals surface area contributed by atoms with Crippen LogP contribution in [0.15, 0.2) is 23.3 Å². The van der Waals surface area contributed by atoms with Crippen LogP contribution >= 0.6 is 0 Å². The lowest BCUT2D eigenvalue weighted by Gasteiger charge is -1.88. The SMILES string of the molecule is N#CCc1c[nH]ccc1=O. The minimum absolute atomic E-state index is 0.0831. The third-order valence-electron chi connectivity index (χ3n) is 1.17. The first-order valence-corrected chi connectivity index (χ1v) is 2.87. The molecule has 3 heteroatoms. The molecule has 0 radical (unpaired) electrons. The van der Waals surface area contributed by atoms with Gasteiger partial charge in [0.15, 0.2) is 5.43 Å². The Hall–Kier alpha value is -1.56. The van der Waals surface area contributed by atoms with E-state index in [-0.39, 0.29) is 11.8 Å². The van der Waals surface area contributed by atoms with Gasteiger partial charge in [0.05, 0.1) is 12.5 Å². The number of rotatable bonds is 1. The van der Waals surface area contributed by atoms with E-state index in [1.165, 1.54) is 6.07 Å². The third-order valence-corrected chi connectivity index (χ3v) is 1.17. The Bertz CT molecular complexity index is 308. The third kappa shape index (κ3) is 1.23. The maximum Gasteiger partial charge on any atom is 0.185 e. The second-order valence-corrected chi connectivity index (χ2v) is 1.87. The number of hydrogen-bond donors (Lipinski definition) is 1. The summed E-state index contributed by atoms with van der Waals surface area (Å²) in [4.78, 5) is 13.6. The quantitative estimate of drug-likeness (QED) is 0.605. The molecule has 0 amide bonds. The summed E-state index contributed by atoms with van der Waals surface area (Å²) in [6.07, 6.45) is 3.27. The Kier molecular flexibility index (Phi) is 1.86. The molecule has 0 aromatic carbocycles. The molecule has 0 bridgehead atoms. The van der Waals surface area contributed by atoms with E-state index < -0.39 is 0 Å². The maximum absolute atomic E-state index is 10.8. The number of nitrogens with one attached hydrogen (secondary N) is 1. The van der Waals surface area contributed by atoms with E-state index in [2.05, 4.69) is 4.98 Å². The smallest absolute Gasteiger partial charge is 0.185 e. The lowest BCUT2D eigenvalue weighted by atomic mass is 10.2. The number of hydrogen-bond acceptors (Lipinski definition) is 2. The molecular weight excluding hydrogens is 128 g/mol. The summed E-state index contributed by atoms with van der Waals surface area (Å²) in [5.41, 5.74) is 0.435. The lowest BCUT2D eigenvalue weighted by Crippen LogP contribution is -2.05. The first-order chi connectivity index (χ1) is 4.84. The predicted octanol–water partition coefficient (Wildman–Crippen LogP) is 0.441. The maximum atomic E-state index is 10.8. The Morgan fingerprint density at radius 3 is 3.10 bits per heavy atom. The summed E-state index contributed by atoms with van der Waals surface area (Å²) < 4.78 is 0. The van der Waals surface area contributed by atoms with Gasteiger partial charge < -0.3 is 4.98 Å². The zero-order valence-electron chi connectivity index (χ0n) is 5.29. The van der Waals surface area contributed by atoms with E-state index in [4.69, 9.17) is 5.26 Å². The van der Waals surface area contributed by atoms with Gasteiger partial charge in [-0.25, -0.2) is 0 Å². The highest BCUT2D eigenvalue weighted by atomic mass is 16.1. The molecule has 1 rings (SSSR count). The van der Waals surface area contributed by atoms with Gasteiger partial charge in [-0.2, -0.15) is 5.26 Å². The Balaban J connectivity index is 3.07. The molecular formula is C7H6N2O. The van der Waals surface area contributed by atoms with E-state index in [1.54, 1.807) is 12.4 Å². The fraction of sp³-hybridized carbons (Fsp3) is 0.143. The molecule has 50 valence electrons. The van der Waals surface area contributed by atoms with Gasteiger partial charge >= 0.3 is 0 Å². The molecule has 10 heavy (non-hydrogen) atoms. The van der Waals surface area contributed by atoms with Crippen LogP contribution < -0.4 is 5.43 Å². The topological polar surface area (TPSA) is 56.6 Å². The van der Waals surface area contributed by atoms with Crippen molar-refractivity contribution in [1.29, 1.82) is 5.26 Å². The van der Waals surface area contributed by atoms with Gasteiger partial charge in [-0.05, 0) is 0 Å². The highest BCUT2D eigenvalue weighted by Crippen LogP contribution is 1.86. The van der Waals surface area contributed by atoms with Crippen LogP contribution in [-0.4, -0.2) is 4.98 Å². The molecule has 0 unspecified atom stereocenters. The molecule has 0 aliphatic rings. The second-order valence-electron chi connectivity index (χ2n) is 1.87. The minimum atomic E-state index is -0.0831. The fourth-order valence-corrected chi connectivity index (χ4v) is 0.674. The van der Waals surface area contributed by atoms with Crippen molar-refractivity contribution in [2.75, 3.05) is 0 Å². The van der Waals surface area contributed by atoms with Crippen LogP contribution in [0, 0.1) is 11.3 Å². The van der Waals surface area contributed by atoms with Crippen LogP contribution in [0.5, 0.6) is 0 Å². The van der Waals surface area contributed by atoms with Crippen molar-refractivity contribution in [1.82, 2.24) is 4.98 Å². The number of nitrogens with zero attached hydrogens (tertiary/aromatic N) is 1. The first-order valence-electron chi connectivity index (χ1n) is 2.87. The van der Waals surface area contributed by atoms with Gasteiger partial charge in [-0.3, -0.25) is 4.79 Å². The van der Waals surface area contributed by atoms with Gasteiger partial charge in [0.2, 0.25) is 0 Å². The average molecular weight is 134 g/mol. The zero-order chi connectivity index (χ0) is 7.40. The molecule has 1 heterocycles. The second kappa shape index (κ2) is 2.83. The summed E-state index contributed by atoms with van der Waals surface area (Å²) >= 11 is 0. The van der Waals surface area contributed by atoms with E-state index in [0.29, 0.717) is 5.56 Å². The molecule has 0 aliphatic carbocycles. The van der Waals surface area contributed by atoms with Crippen LogP contribution in [0.3, 0.4) is 0 Å². The van der Waals surface area contributed by atoms with Gasteiger partial charge in [-0.15, -0.1) is 0 Å². The van der Waals surface area contributed by atoms with Gasteiger partial charge in [0.1, 0.15) is 0 Å². The predicted molar refractivity (Wildman–Crippen MR) is 36.4 cm³/mol. The minimum Gasteiger partial charge on any atom is -0.367 e. The highest BCUT2D eigenvalue weighted by Gasteiger charge is 1.93. The Labute approximate surface area is 57.9 Å². The number of aromatic amines is 1. The van der Waals surface area contributed by atoms with E-state index in [9.17, 15) is 4.79 Å². The van der Waals surface area contributed by atoms with Crippen LogP contribution in [0.25, 0.3) is 0 Å². The summed E-state index contributed by atoms with van der Waals surface area (Å²) in [7, 11) is 0. The molecule has 3 nitrogen and oxygen atoms in total. The van der Waals surface area contributed by atoms with Crippen molar-refractivity contribution in [2.45, 2.75) is 6.42 Å². The molecule has 1 N–H and O–H groups in total. The Morgan fingerprint density at radius 2 is 2.50 bits per heavy atom. The van der Waals surface area contributed by atoms with Crippen molar-refractivity contribution in [3.05, 3.63) is 34.2 Å². The highest BCUT2D eigenvalue weighted by molar-refractivity contribution is 5.13. The molecule has 0 spiro atoms. The first kappa shape index (κ1) is 6.56. The molecule has 0 atom stereocenters. The van der Waals surface area contributed by atoms with Crippen LogP contribution in [0.4, 0.5) is 0 Å². The monoisotopic (exact) mass is 134 g/mol. The summed E-state index contributed by atoms with van der Waals surface area (Å²) in [5.74, 6) is 0. The molecule has 0 saturated heterocycles. The molecule has 1 aromatic rings. The van der Waals surface area contributed by atoms with Crippen LogP contribution in [0.1, 0.15) is 5.56 Å². The van der Waals surface area contributed by atoms with Gasteiger partial charge in [0, 0.05) is 24.0 Å². The largest absolute Gasteiger partial charge is 0.367 e. The Morgan fingerprint density at radius 1 is 1.70 bits per heavy atom.